The van der Waals surface area contributed by atoms with E-state index >= 15 is 0 Å². The Morgan fingerprint density at radius 3 is 2.42 bits per heavy atom. The van der Waals surface area contributed by atoms with E-state index in [1.807, 2.05) is 0 Å². The van der Waals surface area contributed by atoms with Crippen molar-refractivity contribution in [3.63, 3.8) is 0 Å². The van der Waals surface area contributed by atoms with Crippen LogP contribution in [-0.4, -0.2) is 40.5 Å². The maximum atomic E-state index is 12.5. The van der Waals surface area contributed by atoms with Gasteiger partial charge in [-0.05, 0) is 24.3 Å². The predicted molar refractivity (Wildman–Crippen MR) is 76.2 cm³/mol. The molecule has 0 aliphatic carbocycles. The molecule has 1 aromatic carbocycles. The van der Waals surface area contributed by atoms with Crippen LogP contribution in [0.1, 0.15) is 22.5 Å². The van der Waals surface area contributed by atoms with Gasteiger partial charge in [0.1, 0.15) is 6.26 Å². The lowest BCUT2D eigenvalue weighted by Gasteiger charge is -2.13. The number of carboxylic acid groups (broad SMARTS) is 1. The van der Waals surface area contributed by atoms with E-state index in [2.05, 4.69) is 4.98 Å². The highest BCUT2D eigenvalue weighted by molar-refractivity contribution is 5.92. The van der Waals surface area contributed by atoms with Gasteiger partial charge in [0.25, 0.3) is 5.91 Å². The van der Waals surface area contributed by atoms with Crippen LogP contribution in [0.4, 0.5) is 13.2 Å². The molecule has 0 aliphatic heterocycles. The molecule has 0 fully saturated rings. The van der Waals surface area contributed by atoms with Crippen molar-refractivity contribution in [2.75, 3.05) is 13.6 Å². The van der Waals surface area contributed by atoms with Crippen LogP contribution in [0, 0.1) is 0 Å². The number of alkyl halides is 3. The lowest BCUT2D eigenvalue weighted by atomic mass is 10.1. The third-order valence-corrected chi connectivity index (χ3v) is 3.19. The van der Waals surface area contributed by atoms with Gasteiger partial charge >= 0.3 is 12.1 Å². The number of hydrogen-bond acceptors (Lipinski definition) is 4. The maximum absolute atomic E-state index is 12.5. The zero-order valence-electron chi connectivity index (χ0n) is 12.5. The Labute approximate surface area is 134 Å². The first-order valence-electron chi connectivity index (χ1n) is 6.79. The molecule has 0 unspecified atom stereocenters. The molecule has 0 saturated heterocycles. The highest BCUT2D eigenvalue weighted by Gasteiger charge is 2.30. The number of benzene rings is 1. The molecule has 0 bridgehead atoms. The van der Waals surface area contributed by atoms with Crippen molar-refractivity contribution in [1.29, 1.82) is 0 Å². The number of aromatic nitrogens is 1. The van der Waals surface area contributed by atoms with Crippen molar-refractivity contribution in [2.24, 2.45) is 0 Å². The average Bonchev–Trinajstić information content (AvgIpc) is 3.01. The minimum Gasteiger partial charge on any atom is -0.481 e. The molecular weight excluding hydrogens is 329 g/mol. The molecule has 0 radical (unpaired) electrons. The molecule has 1 aromatic heterocycles. The number of hydrogen-bond donors (Lipinski definition) is 1. The molecule has 24 heavy (non-hydrogen) atoms. The Morgan fingerprint density at radius 2 is 1.88 bits per heavy atom. The van der Waals surface area contributed by atoms with E-state index < -0.39 is 23.6 Å². The normalized spacial score (nSPS) is 11.3. The Kier molecular flexibility index (Phi) is 4.91. The third kappa shape index (κ3) is 4.12. The van der Waals surface area contributed by atoms with Crippen LogP contribution in [0.5, 0.6) is 0 Å². The van der Waals surface area contributed by atoms with E-state index in [1.54, 1.807) is 0 Å². The first-order chi connectivity index (χ1) is 11.2. The number of oxazole rings is 1. The fraction of sp³-hybridized carbons (Fsp3) is 0.267. The molecule has 0 spiro atoms. The lowest BCUT2D eigenvalue weighted by molar-refractivity contribution is -0.138. The van der Waals surface area contributed by atoms with E-state index in [0.29, 0.717) is 0 Å². The first-order valence-corrected chi connectivity index (χ1v) is 6.79. The Morgan fingerprint density at radius 1 is 1.25 bits per heavy atom. The number of aliphatic carboxylic acids is 1. The van der Waals surface area contributed by atoms with Gasteiger partial charge in [-0.2, -0.15) is 13.2 Å². The average molecular weight is 342 g/mol. The topological polar surface area (TPSA) is 83.6 Å². The molecule has 6 nitrogen and oxygen atoms in total. The number of carbonyl (C=O) groups is 2. The summed E-state index contributed by atoms with van der Waals surface area (Å²) in [4.78, 5) is 27.7. The second-order valence-electron chi connectivity index (χ2n) is 4.98. The fourth-order valence-corrected chi connectivity index (χ4v) is 1.87. The maximum Gasteiger partial charge on any atom is 0.416 e. The van der Waals surface area contributed by atoms with Crippen molar-refractivity contribution >= 4 is 11.9 Å². The summed E-state index contributed by atoms with van der Waals surface area (Å²) in [7, 11) is 1.41. The van der Waals surface area contributed by atoms with Crippen LogP contribution < -0.4 is 0 Å². The van der Waals surface area contributed by atoms with Crippen molar-refractivity contribution < 1.29 is 32.3 Å². The van der Waals surface area contributed by atoms with E-state index in [0.717, 1.165) is 18.4 Å². The van der Waals surface area contributed by atoms with Gasteiger partial charge in [0, 0.05) is 19.2 Å². The summed E-state index contributed by atoms with van der Waals surface area (Å²) in [5.74, 6) is -1.59. The summed E-state index contributed by atoms with van der Waals surface area (Å²) in [6.07, 6.45) is -3.58. The van der Waals surface area contributed by atoms with Gasteiger partial charge < -0.3 is 14.4 Å². The van der Waals surface area contributed by atoms with Gasteiger partial charge in [0.05, 0.1) is 12.0 Å². The first kappa shape index (κ1) is 17.5. The summed E-state index contributed by atoms with van der Waals surface area (Å²) in [5.41, 5.74) is -0.574. The zero-order chi connectivity index (χ0) is 17.9. The van der Waals surface area contributed by atoms with E-state index in [4.69, 9.17) is 9.52 Å². The van der Waals surface area contributed by atoms with Crippen LogP contribution in [-0.2, 0) is 11.0 Å². The van der Waals surface area contributed by atoms with Crippen molar-refractivity contribution in [3.05, 3.63) is 41.8 Å². The van der Waals surface area contributed by atoms with E-state index in [9.17, 15) is 22.8 Å². The molecule has 1 amide bonds. The molecule has 9 heteroatoms. The van der Waals surface area contributed by atoms with Crippen LogP contribution in [0.15, 0.2) is 34.9 Å². The number of nitrogens with zero attached hydrogens (tertiary/aromatic N) is 2. The Bertz CT molecular complexity index is 738. The smallest absolute Gasteiger partial charge is 0.416 e. The van der Waals surface area contributed by atoms with Crippen LogP contribution in [0.3, 0.4) is 0 Å². The SMILES string of the molecule is CN(CCC(=O)O)C(=O)c1coc(-c2ccc(C(F)(F)F)cc2)n1. The highest BCUT2D eigenvalue weighted by Crippen LogP contribution is 2.30. The highest BCUT2D eigenvalue weighted by atomic mass is 19.4. The number of carboxylic acids is 1. The molecule has 0 atom stereocenters. The summed E-state index contributed by atoms with van der Waals surface area (Å²) in [6.45, 7) is -0.00333. The monoisotopic (exact) mass is 342 g/mol. The number of halogens is 3. The number of amides is 1. The predicted octanol–water partition coefficient (Wildman–Crippen LogP) is 2.91. The second-order valence-corrected chi connectivity index (χ2v) is 4.98. The largest absolute Gasteiger partial charge is 0.481 e. The van der Waals surface area contributed by atoms with Crippen LogP contribution >= 0.6 is 0 Å². The van der Waals surface area contributed by atoms with E-state index in [-0.39, 0.29) is 30.1 Å². The Hall–Kier alpha value is -2.84. The van der Waals surface area contributed by atoms with Crippen molar-refractivity contribution in [1.82, 2.24) is 9.88 Å². The molecule has 1 N–H and O–H groups in total. The van der Waals surface area contributed by atoms with Gasteiger partial charge in [0.15, 0.2) is 5.69 Å². The van der Waals surface area contributed by atoms with Gasteiger partial charge in [0.2, 0.25) is 5.89 Å². The van der Waals surface area contributed by atoms with Gasteiger partial charge in [-0.15, -0.1) is 0 Å². The summed E-state index contributed by atoms with van der Waals surface area (Å²) >= 11 is 0. The van der Waals surface area contributed by atoms with E-state index in [1.165, 1.54) is 24.1 Å². The summed E-state index contributed by atoms with van der Waals surface area (Å²) in [6, 6.07) is 4.16. The van der Waals surface area contributed by atoms with Gasteiger partial charge in [-0.1, -0.05) is 0 Å². The second kappa shape index (κ2) is 6.73. The van der Waals surface area contributed by atoms with Gasteiger partial charge in [-0.3, -0.25) is 9.59 Å². The number of rotatable bonds is 5. The molecule has 2 aromatic rings. The molecule has 2 rings (SSSR count). The van der Waals surface area contributed by atoms with Gasteiger partial charge in [-0.25, -0.2) is 4.98 Å². The molecule has 1 heterocycles. The summed E-state index contributed by atoms with van der Waals surface area (Å²) in [5, 5.41) is 8.59. The lowest BCUT2D eigenvalue weighted by Crippen LogP contribution is -2.29. The molecule has 128 valence electrons. The molecular formula is C15H13F3N2O4. The minimum atomic E-state index is -4.44. The standard InChI is InChI=1S/C15H13F3N2O4/c1-20(7-6-12(21)22)14(23)11-8-24-13(19-11)9-2-4-10(5-3-9)15(16,17)18/h2-5,8H,6-7H2,1H3,(H,21,22). The van der Waals surface area contributed by atoms with Crippen molar-refractivity contribution in [2.45, 2.75) is 12.6 Å². The van der Waals surface area contributed by atoms with Crippen molar-refractivity contribution in [3.8, 4) is 11.5 Å². The molecule has 0 saturated carbocycles. The summed E-state index contributed by atoms with van der Waals surface area (Å²) < 4.78 is 42.7. The number of carbonyl (C=O) groups excluding carboxylic acids is 1. The minimum absolute atomic E-state index is 0.00120. The quantitative estimate of drug-likeness (QED) is 0.903. The van der Waals surface area contributed by atoms with Crippen LogP contribution in [0.25, 0.3) is 11.5 Å². The molecule has 0 aliphatic rings. The Balaban J connectivity index is 2.12. The third-order valence-electron chi connectivity index (χ3n) is 3.19. The fourth-order valence-electron chi connectivity index (χ4n) is 1.87. The van der Waals surface area contributed by atoms with Crippen LogP contribution in [0.2, 0.25) is 0 Å². The zero-order valence-corrected chi connectivity index (χ0v) is 12.5.